The van der Waals surface area contributed by atoms with E-state index in [-0.39, 0.29) is 22.9 Å². The van der Waals surface area contributed by atoms with Crippen LogP contribution in [0.4, 0.5) is 5.69 Å². The Morgan fingerprint density at radius 3 is 2.78 bits per heavy atom. The lowest BCUT2D eigenvalue weighted by atomic mass is 9.78. The number of nitrogens with one attached hydrogen (secondary N) is 1. The summed E-state index contributed by atoms with van der Waals surface area (Å²) in [5, 5.41) is 28.1. The molecule has 118 valence electrons. The quantitative estimate of drug-likeness (QED) is 0.518. The number of hydrogen-bond donors (Lipinski definition) is 1. The first-order chi connectivity index (χ1) is 10.9. The first-order valence-corrected chi connectivity index (χ1v) is 6.60. The summed E-state index contributed by atoms with van der Waals surface area (Å²) in [6.07, 6.45) is 0. The lowest BCUT2D eigenvalue weighted by molar-refractivity contribution is -0.384. The molecular weight excluding hydrogens is 302 g/mol. The second-order valence-electron chi connectivity index (χ2n) is 4.86. The minimum absolute atomic E-state index is 0.0792. The number of allylic oxidation sites excluding steroid dienone is 1. The predicted octanol–water partition coefficient (Wildman–Crippen LogP) is 2.27. The van der Waals surface area contributed by atoms with Crippen LogP contribution in [-0.4, -0.2) is 23.9 Å². The van der Waals surface area contributed by atoms with Crippen molar-refractivity contribution in [3.63, 3.8) is 0 Å². The van der Waals surface area contributed by atoms with Crippen molar-refractivity contribution >= 4 is 17.6 Å². The van der Waals surface area contributed by atoms with Crippen molar-refractivity contribution in [3.8, 4) is 6.07 Å². The molecule has 0 spiro atoms. The maximum atomic E-state index is 12.1. The summed E-state index contributed by atoms with van der Waals surface area (Å²) < 4.78 is 9.89. The average molecular weight is 315 g/mol. The van der Waals surface area contributed by atoms with Crippen molar-refractivity contribution in [2.75, 3.05) is 7.11 Å². The van der Waals surface area contributed by atoms with Crippen LogP contribution in [0.1, 0.15) is 18.4 Å². The molecular formula is C15H13N3O5. The smallest absolute Gasteiger partial charge is 0.337 e. The first-order valence-electron chi connectivity index (χ1n) is 6.60. The molecule has 1 aromatic carbocycles. The fourth-order valence-corrected chi connectivity index (χ4v) is 2.53. The Kier molecular flexibility index (Phi) is 4.41. The number of nitro benzene ring substituents is 1. The minimum atomic E-state index is -1.07. The SMILES string of the molecule is COC(=O)C1=C(C)OC(=N)C(C#N)C1c1cccc([N+](=O)[O-])c1. The standard InChI is InChI=1S/C15H13N3O5/c1-8-12(15(19)22-2)13(11(7-16)14(17)23-8)9-4-3-5-10(6-9)18(20)21/h3-6,11,13,17H,1-2H3. The second kappa shape index (κ2) is 6.27. The van der Waals surface area contributed by atoms with Gasteiger partial charge in [-0.2, -0.15) is 5.26 Å². The molecule has 2 atom stereocenters. The Morgan fingerprint density at radius 2 is 2.22 bits per heavy atom. The summed E-state index contributed by atoms with van der Waals surface area (Å²) in [7, 11) is 1.19. The van der Waals surface area contributed by atoms with E-state index in [1.165, 1.54) is 32.2 Å². The van der Waals surface area contributed by atoms with Crippen LogP contribution in [0.15, 0.2) is 35.6 Å². The van der Waals surface area contributed by atoms with Gasteiger partial charge in [0.2, 0.25) is 5.90 Å². The van der Waals surface area contributed by atoms with Gasteiger partial charge in [-0.05, 0) is 12.5 Å². The summed E-state index contributed by atoms with van der Waals surface area (Å²) in [5.74, 6) is -2.81. The first kappa shape index (κ1) is 16.2. The minimum Gasteiger partial charge on any atom is -0.466 e. The Hall–Kier alpha value is -3.21. The third kappa shape index (κ3) is 2.89. The number of rotatable bonds is 3. The van der Waals surface area contributed by atoms with Gasteiger partial charge in [-0.3, -0.25) is 15.5 Å². The monoisotopic (exact) mass is 315 g/mol. The normalized spacial score (nSPS) is 20.5. The maximum Gasteiger partial charge on any atom is 0.337 e. The highest BCUT2D eigenvalue weighted by Gasteiger charge is 2.41. The number of hydrogen-bond acceptors (Lipinski definition) is 7. The van der Waals surface area contributed by atoms with Crippen LogP contribution in [0.2, 0.25) is 0 Å². The van der Waals surface area contributed by atoms with Gasteiger partial charge in [-0.1, -0.05) is 12.1 Å². The van der Waals surface area contributed by atoms with Gasteiger partial charge >= 0.3 is 5.97 Å². The molecule has 0 amide bonds. The van der Waals surface area contributed by atoms with E-state index in [0.717, 1.165) is 0 Å². The molecule has 8 heteroatoms. The van der Waals surface area contributed by atoms with Gasteiger partial charge < -0.3 is 9.47 Å². The molecule has 2 unspecified atom stereocenters. The van der Waals surface area contributed by atoms with Gasteiger partial charge in [0.05, 0.1) is 23.7 Å². The lowest BCUT2D eigenvalue weighted by Crippen LogP contribution is -2.32. The molecule has 0 aliphatic carbocycles. The van der Waals surface area contributed by atoms with E-state index in [0.29, 0.717) is 5.56 Å². The van der Waals surface area contributed by atoms with E-state index in [1.807, 2.05) is 6.07 Å². The molecule has 1 heterocycles. The van der Waals surface area contributed by atoms with Gasteiger partial charge in [-0.15, -0.1) is 0 Å². The number of nitrogens with zero attached hydrogens (tertiary/aromatic N) is 2. The number of methoxy groups -OCH3 is 1. The van der Waals surface area contributed by atoms with Gasteiger partial charge in [0.15, 0.2) is 0 Å². The molecule has 2 rings (SSSR count). The van der Waals surface area contributed by atoms with Crippen LogP contribution >= 0.6 is 0 Å². The highest BCUT2D eigenvalue weighted by Crippen LogP contribution is 2.40. The number of esters is 1. The Balaban J connectivity index is 2.66. The number of nitriles is 1. The van der Waals surface area contributed by atoms with Crippen molar-refractivity contribution in [1.82, 2.24) is 0 Å². The summed E-state index contributed by atoms with van der Waals surface area (Å²) in [5.41, 5.74) is 0.285. The van der Waals surface area contributed by atoms with Gasteiger partial charge in [0.1, 0.15) is 11.7 Å². The molecule has 0 bridgehead atoms. The van der Waals surface area contributed by atoms with Crippen molar-refractivity contribution in [2.24, 2.45) is 5.92 Å². The molecule has 0 aromatic heterocycles. The van der Waals surface area contributed by atoms with Crippen molar-refractivity contribution in [1.29, 1.82) is 10.7 Å². The molecule has 23 heavy (non-hydrogen) atoms. The van der Waals surface area contributed by atoms with Crippen LogP contribution in [0.25, 0.3) is 0 Å². The van der Waals surface area contributed by atoms with Gasteiger partial charge in [0, 0.05) is 18.1 Å². The molecule has 1 aliphatic heterocycles. The van der Waals surface area contributed by atoms with Crippen molar-refractivity contribution in [2.45, 2.75) is 12.8 Å². The van der Waals surface area contributed by atoms with Crippen LogP contribution in [0.5, 0.6) is 0 Å². The zero-order chi connectivity index (χ0) is 17.1. The maximum absolute atomic E-state index is 12.1. The van der Waals surface area contributed by atoms with E-state index in [9.17, 15) is 20.2 Å². The Morgan fingerprint density at radius 1 is 1.52 bits per heavy atom. The zero-order valence-electron chi connectivity index (χ0n) is 12.4. The van der Waals surface area contributed by atoms with Crippen molar-refractivity contribution < 1.29 is 19.2 Å². The number of carbonyl (C=O) groups is 1. The predicted molar refractivity (Wildman–Crippen MR) is 78.5 cm³/mol. The number of non-ortho nitro benzene ring substituents is 1. The zero-order valence-corrected chi connectivity index (χ0v) is 12.4. The number of nitro groups is 1. The summed E-state index contributed by atoms with van der Waals surface area (Å²) in [6, 6.07) is 7.54. The fourth-order valence-electron chi connectivity index (χ4n) is 2.53. The molecule has 8 nitrogen and oxygen atoms in total. The average Bonchev–Trinajstić information content (AvgIpc) is 2.53. The summed E-state index contributed by atoms with van der Waals surface area (Å²) >= 11 is 0. The number of ether oxygens (including phenoxy) is 2. The highest BCUT2D eigenvalue weighted by atomic mass is 16.6. The summed E-state index contributed by atoms with van der Waals surface area (Å²) in [6.45, 7) is 1.48. The van der Waals surface area contributed by atoms with E-state index < -0.39 is 22.7 Å². The molecule has 1 N–H and O–H groups in total. The van der Waals surface area contributed by atoms with Crippen molar-refractivity contribution in [3.05, 3.63) is 51.3 Å². The highest BCUT2D eigenvalue weighted by molar-refractivity contribution is 5.95. The van der Waals surface area contributed by atoms with E-state index >= 15 is 0 Å². The van der Waals surface area contributed by atoms with E-state index in [4.69, 9.17) is 14.9 Å². The second-order valence-corrected chi connectivity index (χ2v) is 4.86. The number of benzene rings is 1. The number of carbonyl (C=O) groups excluding carboxylic acids is 1. The largest absolute Gasteiger partial charge is 0.466 e. The van der Waals surface area contributed by atoms with E-state index in [2.05, 4.69) is 0 Å². The molecule has 1 aliphatic rings. The van der Waals surface area contributed by atoms with Crippen LogP contribution < -0.4 is 0 Å². The lowest BCUT2D eigenvalue weighted by Gasteiger charge is -2.30. The molecule has 0 saturated carbocycles. The Labute approximate surface area is 131 Å². The third-order valence-electron chi connectivity index (χ3n) is 3.55. The summed E-state index contributed by atoms with van der Waals surface area (Å²) in [4.78, 5) is 22.5. The fraction of sp³-hybridized carbons (Fsp3) is 0.267. The van der Waals surface area contributed by atoms with Gasteiger partial charge in [-0.25, -0.2) is 4.79 Å². The third-order valence-corrected chi connectivity index (χ3v) is 3.55. The van der Waals surface area contributed by atoms with E-state index in [1.54, 1.807) is 6.07 Å². The molecule has 1 aromatic rings. The molecule has 0 fully saturated rings. The van der Waals surface area contributed by atoms with Crippen LogP contribution in [-0.2, 0) is 14.3 Å². The topological polar surface area (TPSA) is 126 Å². The van der Waals surface area contributed by atoms with Crippen LogP contribution in [0.3, 0.4) is 0 Å². The molecule has 0 radical (unpaired) electrons. The van der Waals surface area contributed by atoms with Crippen LogP contribution in [0, 0.1) is 32.8 Å². The van der Waals surface area contributed by atoms with Gasteiger partial charge in [0.25, 0.3) is 5.69 Å². The molecule has 0 saturated heterocycles. The Bertz CT molecular complexity index is 763.